The summed E-state index contributed by atoms with van der Waals surface area (Å²) in [6, 6.07) is 0. The van der Waals surface area contributed by atoms with Crippen LogP contribution in [0.2, 0.25) is 0 Å². The molecule has 0 aliphatic heterocycles. The van der Waals surface area contributed by atoms with Crippen LogP contribution >= 0.6 is 11.8 Å². The number of H-pyrrole nitrogens is 1. The van der Waals surface area contributed by atoms with Crippen molar-refractivity contribution in [2.75, 3.05) is 18.1 Å². The van der Waals surface area contributed by atoms with Crippen molar-refractivity contribution in [3.8, 4) is 12.3 Å². The van der Waals surface area contributed by atoms with Gasteiger partial charge in [-0.3, -0.25) is 4.79 Å². The summed E-state index contributed by atoms with van der Waals surface area (Å²) < 4.78 is 0. The summed E-state index contributed by atoms with van der Waals surface area (Å²) in [7, 11) is 0. The number of nitrogens with one attached hydrogen (secondary N) is 2. The van der Waals surface area contributed by atoms with Crippen molar-refractivity contribution < 1.29 is 4.79 Å². The number of aromatic amines is 1. The molecule has 0 aromatic carbocycles. The second-order valence-electron chi connectivity index (χ2n) is 2.25. The van der Waals surface area contributed by atoms with Crippen molar-refractivity contribution in [1.82, 2.24) is 25.9 Å². The highest BCUT2D eigenvalue weighted by Crippen LogP contribution is 1.95. The second-order valence-corrected chi connectivity index (χ2v) is 3.35. The number of hydrogen-bond acceptors (Lipinski definition) is 5. The minimum atomic E-state index is -0.333. The third-order valence-electron chi connectivity index (χ3n) is 1.27. The maximum atomic E-state index is 11.2. The van der Waals surface area contributed by atoms with E-state index in [1.165, 1.54) is 0 Å². The van der Waals surface area contributed by atoms with Crippen LogP contribution in [0.25, 0.3) is 0 Å². The van der Waals surface area contributed by atoms with Gasteiger partial charge in [-0.1, -0.05) is 5.92 Å². The van der Waals surface area contributed by atoms with E-state index in [0.29, 0.717) is 12.3 Å². The fourth-order valence-corrected chi connectivity index (χ4v) is 1.21. The Bertz CT molecular complexity index is 317. The Labute approximate surface area is 85.2 Å². The number of amides is 1. The number of nitrogens with zero attached hydrogens (tertiary/aromatic N) is 3. The molecular weight excluding hydrogens is 202 g/mol. The minimum Gasteiger partial charge on any atom is -0.348 e. The van der Waals surface area contributed by atoms with Gasteiger partial charge in [0.05, 0.1) is 5.75 Å². The molecule has 0 bridgehead atoms. The van der Waals surface area contributed by atoms with Crippen molar-refractivity contribution in [2.45, 2.75) is 0 Å². The van der Waals surface area contributed by atoms with Crippen molar-refractivity contribution in [3.63, 3.8) is 0 Å². The van der Waals surface area contributed by atoms with Crippen LogP contribution in [0.5, 0.6) is 0 Å². The molecule has 0 unspecified atom stereocenters. The number of hydrogen-bond donors (Lipinski definition) is 2. The summed E-state index contributed by atoms with van der Waals surface area (Å²) in [5, 5.41) is 15.2. The molecule has 2 N–H and O–H groups in total. The molecule has 1 aromatic rings. The second kappa shape index (κ2) is 5.99. The highest BCUT2D eigenvalue weighted by Gasteiger charge is 2.08. The normalized spacial score (nSPS) is 9.36. The fraction of sp³-hybridized carbons (Fsp3) is 0.429. The zero-order chi connectivity index (χ0) is 10.2. The first-order valence-corrected chi connectivity index (χ1v) is 5.03. The molecule has 0 radical (unpaired) electrons. The highest BCUT2D eigenvalue weighted by atomic mass is 32.2. The summed E-state index contributed by atoms with van der Waals surface area (Å²) >= 11 is 1.58. The van der Waals surface area contributed by atoms with Crippen molar-refractivity contribution in [1.29, 1.82) is 0 Å². The van der Waals surface area contributed by atoms with E-state index in [2.05, 4.69) is 31.9 Å². The van der Waals surface area contributed by atoms with E-state index < -0.39 is 0 Å². The average molecular weight is 211 g/mol. The van der Waals surface area contributed by atoms with E-state index in [0.717, 1.165) is 5.75 Å². The summed E-state index contributed by atoms with van der Waals surface area (Å²) in [6.45, 7) is 0.541. The molecule has 0 aliphatic carbocycles. The van der Waals surface area contributed by atoms with Crippen LogP contribution in [0.4, 0.5) is 0 Å². The lowest BCUT2D eigenvalue weighted by Crippen LogP contribution is -2.26. The zero-order valence-corrected chi connectivity index (χ0v) is 8.17. The van der Waals surface area contributed by atoms with E-state index in [9.17, 15) is 4.79 Å². The van der Waals surface area contributed by atoms with Gasteiger partial charge in [0, 0.05) is 12.3 Å². The Morgan fingerprint density at radius 3 is 3.21 bits per heavy atom. The Morgan fingerprint density at radius 2 is 2.57 bits per heavy atom. The number of terminal acetylenes is 1. The number of rotatable bonds is 5. The SMILES string of the molecule is C#CCSCCNC(=O)c1nn[nH]n1. The first kappa shape index (κ1) is 10.5. The van der Waals surface area contributed by atoms with Crippen molar-refractivity contribution in [3.05, 3.63) is 5.82 Å². The molecule has 1 aromatic heterocycles. The molecule has 7 heteroatoms. The number of aromatic nitrogens is 4. The van der Waals surface area contributed by atoms with Crippen LogP contribution in [0.15, 0.2) is 0 Å². The Kier molecular flexibility index (Phi) is 4.50. The van der Waals surface area contributed by atoms with Gasteiger partial charge in [0.15, 0.2) is 0 Å². The van der Waals surface area contributed by atoms with Gasteiger partial charge < -0.3 is 5.32 Å². The lowest BCUT2D eigenvalue weighted by atomic mass is 10.5. The molecule has 0 saturated carbocycles. The maximum absolute atomic E-state index is 11.2. The third kappa shape index (κ3) is 3.45. The van der Waals surface area contributed by atoms with Crippen LogP contribution in [0, 0.1) is 12.3 Å². The average Bonchev–Trinajstić information content (AvgIpc) is 2.70. The molecule has 6 nitrogen and oxygen atoms in total. The summed E-state index contributed by atoms with van der Waals surface area (Å²) in [4.78, 5) is 11.2. The summed E-state index contributed by atoms with van der Waals surface area (Å²) in [5.41, 5.74) is 0. The standard InChI is InChI=1S/C7H9N5OS/c1-2-4-14-5-3-8-7(13)6-9-11-12-10-6/h1H,3-5H2,(H,8,13)(H,9,10,11,12). The number of tetrazole rings is 1. The fourth-order valence-electron chi connectivity index (χ4n) is 0.705. The molecule has 0 aliphatic rings. The molecule has 1 amide bonds. The van der Waals surface area contributed by atoms with E-state index in [4.69, 9.17) is 6.42 Å². The van der Waals surface area contributed by atoms with Gasteiger partial charge in [0.1, 0.15) is 0 Å². The third-order valence-corrected chi connectivity index (χ3v) is 2.13. The van der Waals surface area contributed by atoms with E-state index >= 15 is 0 Å². The minimum absolute atomic E-state index is 0.0481. The molecule has 0 spiro atoms. The predicted octanol–water partition coefficient (Wildman–Crippen LogP) is -0.704. The first-order valence-electron chi connectivity index (χ1n) is 3.87. The van der Waals surface area contributed by atoms with Crippen LogP contribution in [0.3, 0.4) is 0 Å². The number of carbonyl (C=O) groups is 1. The quantitative estimate of drug-likeness (QED) is 0.497. The molecular formula is C7H9N5OS. The van der Waals surface area contributed by atoms with E-state index in [-0.39, 0.29) is 11.7 Å². The lowest BCUT2D eigenvalue weighted by Gasteiger charge is -1.99. The highest BCUT2D eigenvalue weighted by molar-refractivity contribution is 7.99. The zero-order valence-electron chi connectivity index (χ0n) is 7.36. The maximum Gasteiger partial charge on any atom is 0.292 e. The monoisotopic (exact) mass is 211 g/mol. The van der Waals surface area contributed by atoms with Crippen LogP contribution in [0.1, 0.15) is 10.6 Å². The summed E-state index contributed by atoms with van der Waals surface area (Å²) in [5.74, 6) is 3.63. The Balaban J connectivity index is 2.14. The van der Waals surface area contributed by atoms with Crippen LogP contribution in [-0.4, -0.2) is 44.6 Å². The molecule has 0 saturated heterocycles. The van der Waals surface area contributed by atoms with E-state index in [1.54, 1.807) is 11.8 Å². The molecule has 0 fully saturated rings. The Morgan fingerprint density at radius 1 is 1.71 bits per heavy atom. The van der Waals surface area contributed by atoms with Gasteiger partial charge in [-0.2, -0.15) is 5.21 Å². The van der Waals surface area contributed by atoms with Crippen LogP contribution < -0.4 is 5.32 Å². The van der Waals surface area contributed by atoms with E-state index in [1.807, 2.05) is 0 Å². The molecule has 1 heterocycles. The smallest absolute Gasteiger partial charge is 0.292 e. The molecule has 1 rings (SSSR count). The van der Waals surface area contributed by atoms with Gasteiger partial charge in [0.25, 0.3) is 11.7 Å². The van der Waals surface area contributed by atoms with Crippen molar-refractivity contribution in [2.24, 2.45) is 0 Å². The summed E-state index contributed by atoms with van der Waals surface area (Å²) in [6.07, 6.45) is 5.06. The first-order chi connectivity index (χ1) is 6.84. The van der Waals surface area contributed by atoms with Gasteiger partial charge >= 0.3 is 0 Å². The van der Waals surface area contributed by atoms with Gasteiger partial charge in [-0.05, 0) is 5.21 Å². The lowest BCUT2D eigenvalue weighted by molar-refractivity contribution is 0.0946. The van der Waals surface area contributed by atoms with Gasteiger partial charge in [-0.15, -0.1) is 28.4 Å². The Hall–Kier alpha value is -1.55. The molecule has 74 valence electrons. The van der Waals surface area contributed by atoms with Gasteiger partial charge in [-0.25, -0.2) is 0 Å². The molecule has 14 heavy (non-hydrogen) atoms. The van der Waals surface area contributed by atoms with Crippen molar-refractivity contribution >= 4 is 17.7 Å². The van der Waals surface area contributed by atoms with Gasteiger partial charge in [0.2, 0.25) is 0 Å². The number of thioether (sulfide) groups is 1. The van der Waals surface area contributed by atoms with Crippen LogP contribution in [-0.2, 0) is 0 Å². The molecule has 0 atom stereocenters. The topological polar surface area (TPSA) is 83.6 Å². The number of carbonyl (C=O) groups excluding carboxylic acids is 1. The predicted molar refractivity (Wildman–Crippen MR) is 52.7 cm³/mol. The largest absolute Gasteiger partial charge is 0.348 e.